The minimum Gasteiger partial charge on any atom is -0.497 e. The summed E-state index contributed by atoms with van der Waals surface area (Å²) in [6.07, 6.45) is 0. The van der Waals surface area contributed by atoms with Crippen molar-refractivity contribution in [3.8, 4) is 11.5 Å². The van der Waals surface area contributed by atoms with Crippen molar-refractivity contribution in [2.45, 2.75) is 0 Å². The van der Waals surface area contributed by atoms with Crippen LogP contribution < -0.4 is 14.4 Å². The molecule has 3 aromatic carbocycles. The van der Waals surface area contributed by atoms with Gasteiger partial charge in [0.1, 0.15) is 11.5 Å². The number of hydrogen-bond donors (Lipinski definition) is 0. The van der Waals surface area contributed by atoms with Crippen molar-refractivity contribution in [3.63, 3.8) is 0 Å². The molecule has 2 amide bonds. The van der Waals surface area contributed by atoms with E-state index in [-0.39, 0.29) is 24.2 Å². The van der Waals surface area contributed by atoms with Crippen molar-refractivity contribution in [1.82, 2.24) is 0 Å². The van der Waals surface area contributed by atoms with Gasteiger partial charge in [0, 0.05) is 11.6 Å². The first-order chi connectivity index (χ1) is 14.1. The lowest BCUT2D eigenvalue weighted by Crippen LogP contribution is -2.29. The summed E-state index contributed by atoms with van der Waals surface area (Å²) in [4.78, 5) is 38.7. The zero-order valence-electron chi connectivity index (χ0n) is 15.6. The average molecular weight is 387 g/mol. The second kappa shape index (κ2) is 7.59. The summed E-state index contributed by atoms with van der Waals surface area (Å²) in [5.74, 6) is 0.102. The number of hydrogen-bond acceptors (Lipinski definition) is 5. The summed E-state index contributed by atoms with van der Waals surface area (Å²) >= 11 is 0. The Morgan fingerprint density at radius 2 is 1.48 bits per heavy atom. The van der Waals surface area contributed by atoms with Gasteiger partial charge in [-0.25, -0.2) is 4.90 Å². The third-order valence-corrected chi connectivity index (χ3v) is 4.65. The van der Waals surface area contributed by atoms with Crippen molar-refractivity contribution in [2.75, 3.05) is 18.6 Å². The summed E-state index contributed by atoms with van der Waals surface area (Å²) in [5.41, 5.74) is 1.64. The van der Waals surface area contributed by atoms with E-state index in [2.05, 4.69) is 0 Å². The standard InChI is InChI=1S/C23H17NO5/c1-28-17-11-9-15(10-12-17)21(25)14-29-18-6-4-5-16(13-18)24-22(26)19-7-2-3-8-20(19)23(24)27/h2-13H,14H2,1H3. The van der Waals surface area contributed by atoms with Gasteiger partial charge in [0.05, 0.1) is 23.9 Å². The molecule has 3 aromatic rings. The molecule has 0 saturated heterocycles. The van der Waals surface area contributed by atoms with Crippen molar-refractivity contribution >= 4 is 23.3 Å². The lowest BCUT2D eigenvalue weighted by Gasteiger charge is -2.15. The van der Waals surface area contributed by atoms with Gasteiger partial charge in [-0.05, 0) is 48.5 Å². The Kier molecular flexibility index (Phi) is 4.83. The molecule has 0 bridgehead atoms. The minimum absolute atomic E-state index is 0.169. The van der Waals surface area contributed by atoms with Crippen LogP contribution in [-0.2, 0) is 0 Å². The molecular weight excluding hydrogens is 370 g/mol. The first kappa shape index (κ1) is 18.4. The normalized spacial score (nSPS) is 12.7. The fourth-order valence-electron chi connectivity index (χ4n) is 3.15. The van der Waals surface area contributed by atoms with Crippen LogP contribution in [0.1, 0.15) is 31.1 Å². The van der Waals surface area contributed by atoms with Gasteiger partial charge in [-0.1, -0.05) is 18.2 Å². The maximum Gasteiger partial charge on any atom is 0.266 e. The van der Waals surface area contributed by atoms with Gasteiger partial charge in [0.25, 0.3) is 11.8 Å². The lowest BCUT2D eigenvalue weighted by molar-refractivity contribution is 0.0910. The molecule has 1 aliphatic heterocycles. The Labute approximate surface area is 167 Å². The predicted molar refractivity (Wildman–Crippen MR) is 107 cm³/mol. The van der Waals surface area contributed by atoms with Crippen LogP contribution in [0.3, 0.4) is 0 Å². The summed E-state index contributed by atoms with van der Waals surface area (Å²) in [6, 6.07) is 20.0. The summed E-state index contributed by atoms with van der Waals surface area (Å²) < 4.78 is 10.7. The predicted octanol–water partition coefficient (Wildman–Crippen LogP) is 3.76. The van der Waals surface area contributed by atoms with E-state index in [1.165, 1.54) is 0 Å². The number of ketones is 1. The van der Waals surface area contributed by atoms with Crippen LogP contribution in [0.5, 0.6) is 11.5 Å². The molecule has 0 fully saturated rings. The third kappa shape index (κ3) is 3.48. The van der Waals surface area contributed by atoms with E-state index in [9.17, 15) is 14.4 Å². The maximum absolute atomic E-state index is 12.6. The van der Waals surface area contributed by atoms with Gasteiger partial charge in [-0.15, -0.1) is 0 Å². The number of rotatable bonds is 6. The largest absolute Gasteiger partial charge is 0.497 e. The highest BCUT2D eigenvalue weighted by molar-refractivity contribution is 6.34. The highest BCUT2D eigenvalue weighted by Crippen LogP contribution is 2.30. The molecule has 1 heterocycles. The van der Waals surface area contributed by atoms with Gasteiger partial charge in [0.15, 0.2) is 12.4 Å². The Morgan fingerprint density at radius 3 is 2.10 bits per heavy atom. The maximum atomic E-state index is 12.6. The van der Waals surface area contributed by atoms with Gasteiger partial charge in [0.2, 0.25) is 0 Å². The molecule has 0 radical (unpaired) electrons. The summed E-state index contributed by atoms with van der Waals surface area (Å²) in [6.45, 7) is -0.169. The molecule has 0 spiro atoms. The number of ether oxygens (including phenoxy) is 2. The van der Waals surface area contributed by atoms with Crippen molar-refractivity contribution in [2.24, 2.45) is 0 Å². The summed E-state index contributed by atoms with van der Waals surface area (Å²) in [5, 5.41) is 0. The minimum atomic E-state index is -0.378. The molecule has 29 heavy (non-hydrogen) atoms. The highest BCUT2D eigenvalue weighted by Gasteiger charge is 2.36. The van der Waals surface area contributed by atoms with Crippen LogP contribution in [0.2, 0.25) is 0 Å². The number of nitrogens with zero attached hydrogens (tertiary/aromatic N) is 1. The first-order valence-corrected chi connectivity index (χ1v) is 8.96. The third-order valence-electron chi connectivity index (χ3n) is 4.65. The van der Waals surface area contributed by atoms with Crippen LogP contribution in [-0.4, -0.2) is 31.3 Å². The molecule has 4 rings (SSSR count). The van der Waals surface area contributed by atoms with Crippen LogP contribution in [0, 0.1) is 0 Å². The Morgan fingerprint density at radius 1 is 0.828 bits per heavy atom. The van der Waals surface area contributed by atoms with Gasteiger partial charge >= 0.3 is 0 Å². The molecule has 6 nitrogen and oxygen atoms in total. The number of benzene rings is 3. The zero-order chi connectivity index (χ0) is 20.4. The van der Waals surface area contributed by atoms with Crippen molar-refractivity contribution < 1.29 is 23.9 Å². The zero-order valence-corrected chi connectivity index (χ0v) is 15.6. The van der Waals surface area contributed by atoms with Crippen LogP contribution in [0.4, 0.5) is 5.69 Å². The van der Waals surface area contributed by atoms with Crippen molar-refractivity contribution in [3.05, 3.63) is 89.5 Å². The molecule has 0 atom stereocenters. The Balaban J connectivity index is 1.49. The smallest absolute Gasteiger partial charge is 0.266 e. The number of Topliss-reactive ketones (excluding diaryl/α,β-unsaturated/α-hetero) is 1. The fourth-order valence-corrected chi connectivity index (χ4v) is 3.15. The van der Waals surface area contributed by atoms with Gasteiger partial charge < -0.3 is 9.47 Å². The highest BCUT2D eigenvalue weighted by atomic mass is 16.5. The molecule has 0 N–H and O–H groups in total. The van der Waals surface area contributed by atoms with Crippen LogP contribution >= 0.6 is 0 Å². The van der Waals surface area contributed by atoms with Crippen molar-refractivity contribution in [1.29, 1.82) is 0 Å². The van der Waals surface area contributed by atoms with E-state index in [0.717, 1.165) is 4.90 Å². The topological polar surface area (TPSA) is 72.9 Å². The first-order valence-electron chi connectivity index (χ1n) is 8.96. The molecule has 0 aliphatic carbocycles. The fraction of sp³-hybridized carbons (Fsp3) is 0.0870. The van der Waals surface area contributed by atoms with Crippen LogP contribution in [0.25, 0.3) is 0 Å². The summed E-state index contributed by atoms with van der Waals surface area (Å²) in [7, 11) is 1.56. The van der Waals surface area contributed by atoms with Gasteiger partial charge in [-0.2, -0.15) is 0 Å². The number of amides is 2. The van der Waals surface area contributed by atoms with E-state index >= 15 is 0 Å². The molecule has 0 unspecified atom stereocenters. The Hall–Kier alpha value is -3.93. The second-order valence-corrected chi connectivity index (χ2v) is 6.43. The van der Waals surface area contributed by atoms with E-state index in [0.29, 0.717) is 33.9 Å². The van der Waals surface area contributed by atoms with E-state index < -0.39 is 0 Å². The number of methoxy groups -OCH3 is 1. The SMILES string of the molecule is COc1ccc(C(=O)COc2cccc(N3C(=O)c4ccccc4C3=O)c2)cc1. The quantitative estimate of drug-likeness (QED) is 0.476. The second-order valence-electron chi connectivity index (χ2n) is 6.43. The molecule has 0 saturated carbocycles. The number of anilines is 1. The number of fused-ring (bicyclic) bond motifs is 1. The van der Waals surface area contributed by atoms with E-state index in [4.69, 9.17) is 9.47 Å². The average Bonchev–Trinajstić information content (AvgIpc) is 3.02. The number of imide groups is 1. The number of carbonyl (C=O) groups excluding carboxylic acids is 3. The molecule has 6 heteroatoms. The Bertz CT molecular complexity index is 1070. The lowest BCUT2D eigenvalue weighted by atomic mass is 10.1. The number of carbonyl (C=O) groups is 3. The van der Waals surface area contributed by atoms with E-state index in [1.54, 1.807) is 79.9 Å². The molecule has 1 aliphatic rings. The monoisotopic (exact) mass is 387 g/mol. The molecule has 0 aromatic heterocycles. The van der Waals surface area contributed by atoms with E-state index in [1.807, 2.05) is 0 Å². The van der Waals surface area contributed by atoms with Gasteiger partial charge in [-0.3, -0.25) is 14.4 Å². The van der Waals surface area contributed by atoms with Crippen LogP contribution in [0.15, 0.2) is 72.8 Å². The molecular formula is C23H17NO5. The molecule has 144 valence electrons.